The van der Waals surface area contributed by atoms with Crippen molar-refractivity contribution in [3.05, 3.63) is 45.0 Å². The third kappa shape index (κ3) is 3.55. The Hall–Kier alpha value is -1.92. The molecule has 0 bridgehead atoms. The highest BCUT2D eigenvalue weighted by molar-refractivity contribution is 7.11. The van der Waals surface area contributed by atoms with Gasteiger partial charge in [-0.15, -0.1) is 11.3 Å². The minimum Gasteiger partial charge on any atom is -0.392 e. The zero-order valence-electron chi connectivity index (χ0n) is 11.3. The Bertz CT molecular complexity index is 609. The van der Waals surface area contributed by atoms with Crippen molar-refractivity contribution < 1.29 is 14.4 Å². The SMILES string of the molecule is Cc1noc(C)c1CNC(=O)C=Cc1cc(CO)cs1. The standard InChI is InChI=1S/C14H16N2O3S/c1-9-13(10(2)19-16-9)6-15-14(18)4-3-12-5-11(7-17)8-20-12/h3-5,8,17H,6-7H2,1-2H3,(H,15,18). The summed E-state index contributed by atoms with van der Waals surface area (Å²) in [5, 5.41) is 17.4. The van der Waals surface area contributed by atoms with Crippen LogP contribution in [0.5, 0.6) is 0 Å². The first kappa shape index (κ1) is 14.5. The van der Waals surface area contributed by atoms with Crippen molar-refractivity contribution in [3.8, 4) is 0 Å². The molecule has 20 heavy (non-hydrogen) atoms. The highest BCUT2D eigenvalue weighted by Gasteiger charge is 2.09. The van der Waals surface area contributed by atoms with Gasteiger partial charge in [0.05, 0.1) is 12.3 Å². The van der Waals surface area contributed by atoms with Crippen LogP contribution in [0.15, 0.2) is 22.0 Å². The Kier molecular flexibility index (Phi) is 4.70. The molecule has 0 fully saturated rings. The van der Waals surface area contributed by atoms with Crippen LogP contribution < -0.4 is 5.32 Å². The molecule has 0 radical (unpaired) electrons. The number of nitrogens with zero attached hydrogens (tertiary/aromatic N) is 1. The molecule has 0 aromatic carbocycles. The average molecular weight is 292 g/mol. The van der Waals surface area contributed by atoms with E-state index in [1.165, 1.54) is 17.4 Å². The van der Waals surface area contributed by atoms with Gasteiger partial charge in [0, 0.05) is 23.1 Å². The topological polar surface area (TPSA) is 75.4 Å². The summed E-state index contributed by atoms with van der Waals surface area (Å²) < 4.78 is 5.03. The Morgan fingerprint density at radius 2 is 2.35 bits per heavy atom. The highest BCUT2D eigenvalue weighted by Crippen LogP contribution is 2.16. The lowest BCUT2D eigenvalue weighted by atomic mass is 10.2. The van der Waals surface area contributed by atoms with Crippen molar-refractivity contribution in [2.45, 2.75) is 27.0 Å². The molecule has 2 heterocycles. The van der Waals surface area contributed by atoms with Gasteiger partial charge in [0.25, 0.3) is 0 Å². The van der Waals surface area contributed by atoms with Crippen molar-refractivity contribution in [2.24, 2.45) is 0 Å². The van der Waals surface area contributed by atoms with Crippen molar-refractivity contribution in [1.29, 1.82) is 0 Å². The van der Waals surface area contributed by atoms with E-state index >= 15 is 0 Å². The molecule has 2 rings (SSSR count). The van der Waals surface area contributed by atoms with E-state index in [1.807, 2.05) is 25.3 Å². The van der Waals surface area contributed by atoms with E-state index in [-0.39, 0.29) is 12.5 Å². The number of aromatic nitrogens is 1. The lowest BCUT2D eigenvalue weighted by molar-refractivity contribution is -0.116. The first-order valence-corrected chi connectivity index (χ1v) is 7.04. The molecule has 0 saturated carbocycles. The monoisotopic (exact) mass is 292 g/mol. The quantitative estimate of drug-likeness (QED) is 0.828. The maximum Gasteiger partial charge on any atom is 0.244 e. The zero-order valence-corrected chi connectivity index (χ0v) is 12.2. The average Bonchev–Trinajstić information content (AvgIpc) is 3.02. The van der Waals surface area contributed by atoms with Gasteiger partial charge < -0.3 is 14.9 Å². The number of nitrogens with one attached hydrogen (secondary N) is 1. The number of amides is 1. The number of aliphatic hydroxyl groups excluding tert-OH is 1. The van der Waals surface area contributed by atoms with Gasteiger partial charge >= 0.3 is 0 Å². The molecule has 0 atom stereocenters. The molecule has 2 N–H and O–H groups in total. The van der Waals surface area contributed by atoms with Gasteiger partial charge in [-0.3, -0.25) is 4.79 Å². The number of aliphatic hydroxyl groups is 1. The Morgan fingerprint density at radius 1 is 1.55 bits per heavy atom. The van der Waals surface area contributed by atoms with Crippen LogP contribution in [-0.2, 0) is 17.9 Å². The van der Waals surface area contributed by atoms with E-state index in [2.05, 4.69) is 10.5 Å². The minimum atomic E-state index is -0.177. The first-order valence-electron chi connectivity index (χ1n) is 6.16. The molecule has 1 amide bonds. The predicted octanol–water partition coefficient (Wildman–Crippen LogP) is 2.17. The lowest BCUT2D eigenvalue weighted by Gasteiger charge is -2.00. The Balaban J connectivity index is 1.89. The molecule has 106 valence electrons. The van der Waals surface area contributed by atoms with Crippen LogP contribution in [0.1, 0.15) is 27.5 Å². The van der Waals surface area contributed by atoms with Gasteiger partial charge in [-0.05, 0) is 36.9 Å². The van der Waals surface area contributed by atoms with Crippen molar-refractivity contribution >= 4 is 23.3 Å². The zero-order chi connectivity index (χ0) is 14.5. The van der Waals surface area contributed by atoms with E-state index in [0.717, 1.165) is 27.5 Å². The number of rotatable bonds is 5. The van der Waals surface area contributed by atoms with Crippen LogP contribution in [0.3, 0.4) is 0 Å². The molecular weight excluding hydrogens is 276 g/mol. The number of hydrogen-bond donors (Lipinski definition) is 2. The van der Waals surface area contributed by atoms with Gasteiger partial charge in [0.15, 0.2) is 0 Å². The summed E-state index contributed by atoms with van der Waals surface area (Å²) in [4.78, 5) is 12.6. The number of aryl methyl sites for hydroxylation is 2. The van der Waals surface area contributed by atoms with Crippen LogP contribution in [-0.4, -0.2) is 16.2 Å². The predicted molar refractivity (Wildman–Crippen MR) is 77.1 cm³/mol. The van der Waals surface area contributed by atoms with Crippen LogP contribution in [0.2, 0.25) is 0 Å². The molecule has 2 aromatic rings. The molecule has 2 aromatic heterocycles. The Morgan fingerprint density at radius 3 is 2.95 bits per heavy atom. The molecule has 0 unspecified atom stereocenters. The second-order valence-corrected chi connectivity index (χ2v) is 5.31. The summed E-state index contributed by atoms with van der Waals surface area (Å²) >= 11 is 1.49. The largest absolute Gasteiger partial charge is 0.392 e. The molecule has 5 nitrogen and oxygen atoms in total. The van der Waals surface area contributed by atoms with Crippen LogP contribution in [0.4, 0.5) is 0 Å². The molecule has 6 heteroatoms. The molecule has 0 spiro atoms. The van der Waals surface area contributed by atoms with Crippen molar-refractivity contribution in [3.63, 3.8) is 0 Å². The van der Waals surface area contributed by atoms with Crippen molar-refractivity contribution in [2.75, 3.05) is 0 Å². The van der Waals surface area contributed by atoms with E-state index in [1.54, 1.807) is 6.08 Å². The summed E-state index contributed by atoms with van der Waals surface area (Å²) in [5.74, 6) is 0.543. The molecule has 0 aliphatic carbocycles. The van der Waals surface area contributed by atoms with E-state index < -0.39 is 0 Å². The highest BCUT2D eigenvalue weighted by atomic mass is 32.1. The lowest BCUT2D eigenvalue weighted by Crippen LogP contribution is -2.20. The molecule has 0 aliphatic rings. The number of carbonyl (C=O) groups is 1. The molecule has 0 aliphatic heterocycles. The fourth-order valence-corrected chi connectivity index (χ4v) is 2.51. The van der Waals surface area contributed by atoms with Gasteiger partial charge in [-0.2, -0.15) is 0 Å². The van der Waals surface area contributed by atoms with Gasteiger partial charge in [0.1, 0.15) is 5.76 Å². The molecular formula is C14H16N2O3S. The molecule has 0 saturated heterocycles. The van der Waals surface area contributed by atoms with E-state index in [0.29, 0.717) is 6.54 Å². The summed E-state index contributed by atoms with van der Waals surface area (Å²) in [6, 6.07) is 1.85. The third-order valence-corrected chi connectivity index (χ3v) is 3.82. The maximum atomic E-state index is 11.7. The smallest absolute Gasteiger partial charge is 0.244 e. The normalized spacial score (nSPS) is 11.2. The van der Waals surface area contributed by atoms with Gasteiger partial charge in [-0.25, -0.2) is 0 Å². The fourth-order valence-electron chi connectivity index (χ4n) is 1.71. The minimum absolute atomic E-state index is 0.0164. The number of carbonyl (C=O) groups excluding carboxylic acids is 1. The summed E-state index contributed by atoms with van der Waals surface area (Å²) in [6.45, 7) is 4.08. The fraction of sp³-hybridized carbons (Fsp3) is 0.286. The van der Waals surface area contributed by atoms with Gasteiger partial charge in [0.2, 0.25) is 5.91 Å². The van der Waals surface area contributed by atoms with Crippen LogP contribution >= 0.6 is 11.3 Å². The van der Waals surface area contributed by atoms with Gasteiger partial charge in [-0.1, -0.05) is 5.16 Å². The number of hydrogen-bond acceptors (Lipinski definition) is 5. The van der Waals surface area contributed by atoms with Crippen LogP contribution in [0.25, 0.3) is 6.08 Å². The number of thiophene rings is 1. The summed E-state index contributed by atoms with van der Waals surface area (Å²) in [6.07, 6.45) is 3.21. The maximum absolute atomic E-state index is 11.7. The van der Waals surface area contributed by atoms with E-state index in [9.17, 15) is 4.79 Å². The summed E-state index contributed by atoms with van der Waals surface area (Å²) in [7, 11) is 0. The van der Waals surface area contributed by atoms with Crippen molar-refractivity contribution in [1.82, 2.24) is 10.5 Å². The third-order valence-electron chi connectivity index (χ3n) is 2.88. The second-order valence-electron chi connectivity index (χ2n) is 4.37. The van der Waals surface area contributed by atoms with Crippen LogP contribution in [0, 0.1) is 13.8 Å². The Labute approximate surface area is 120 Å². The first-order chi connectivity index (χ1) is 9.60. The summed E-state index contributed by atoms with van der Waals surface area (Å²) in [5.41, 5.74) is 2.55. The second kappa shape index (κ2) is 6.49. The van der Waals surface area contributed by atoms with E-state index in [4.69, 9.17) is 9.63 Å².